The van der Waals surface area contributed by atoms with Crippen molar-refractivity contribution in [2.24, 2.45) is 5.92 Å². The van der Waals surface area contributed by atoms with Gasteiger partial charge in [0, 0.05) is 12.7 Å². The maximum absolute atomic E-state index is 3.38. The van der Waals surface area contributed by atoms with Gasteiger partial charge in [-0.05, 0) is 44.0 Å². The summed E-state index contributed by atoms with van der Waals surface area (Å²) in [7, 11) is 0. The van der Waals surface area contributed by atoms with Gasteiger partial charge < -0.3 is 15.6 Å². The molecule has 0 aromatic carbocycles. The molecule has 3 N–H and O–H groups in total. The second-order valence-corrected chi connectivity index (χ2v) is 3.66. The van der Waals surface area contributed by atoms with Crippen molar-refractivity contribution in [3.05, 3.63) is 18.3 Å². The molecule has 1 aliphatic rings. The van der Waals surface area contributed by atoms with E-state index < -0.39 is 0 Å². The Balaban J connectivity index is 1.63. The van der Waals surface area contributed by atoms with E-state index in [-0.39, 0.29) is 0 Å². The third-order valence-electron chi connectivity index (χ3n) is 2.63. The van der Waals surface area contributed by atoms with Gasteiger partial charge in [0.15, 0.2) is 0 Å². The fraction of sp³-hybridized carbons (Fsp3) is 0.600. The van der Waals surface area contributed by atoms with Gasteiger partial charge in [-0.15, -0.1) is 0 Å². The highest BCUT2D eigenvalue weighted by Crippen LogP contribution is 2.12. The average molecular weight is 179 g/mol. The van der Waals surface area contributed by atoms with Crippen LogP contribution in [0.2, 0.25) is 0 Å². The molecule has 1 aromatic rings. The molecule has 72 valence electrons. The molecule has 1 fully saturated rings. The minimum absolute atomic E-state index is 0.877. The SMILES string of the molecule is c1c[nH]c(NCCC2CCNC2)c1. The Morgan fingerprint density at radius 1 is 1.54 bits per heavy atom. The first-order chi connectivity index (χ1) is 6.45. The number of hydrogen-bond acceptors (Lipinski definition) is 2. The Morgan fingerprint density at radius 3 is 3.23 bits per heavy atom. The summed E-state index contributed by atoms with van der Waals surface area (Å²) in [6.07, 6.45) is 4.55. The lowest BCUT2D eigenvalue weighted by molar-refractivity contribution is 0.549. The predicted molar refractivity (Wildman–Crippen MR) is 54.9 cm³/mol. The van der Waals surface area contributed by atoms with E-state index in [1.54, 1.807) is 0 Å². The number of anilines is 1. The Bertz CT molecular complexity index is 224. The van der Waals surface area contributed by atoms with E-state index in [0.717, 1.165) is 18.3 Å². The number of nitrogens with one attached hydrogen (secondary N) is 3. The van der Waals surface area contributed by atoms with Gasteiger partial charge in [-0.2, -0.15) is 0 Å². The van der Waals surface area contributed by atoms with Gasteiger partial charge in [-0.25, -0.2) is 0 Å². The van der Waals surface area contributed by atoms with E-state index in [9.17, 15) is 0 Å². The topological polar surface area (TPSA) is 39.9 Å². The molecule has 0 aliphatic carbocycles. The third kappa shape index (κ3) is 2.49. The molecule has 13 heavy (non-hydrogen) atoms. The molecule has 0 bridgehead atoms. The lowest BCUT2D eigenvalue weighted by Gasteiger charge is -2.08. The van der Waals surface area contributed by atoms with Crippen molar-refractivity contribution in [3.63, 3.8) is 0 Å². The molecule has 3 heteroatoms. The van der Waals surface area contributed by atoms with Crippen LogP contribution in [0, 0.1) is 5.92 Å². The second-order valence-electron chi connectivity index (χ2n) is 3.66. The van der Waals surface area contributed by atoms with Crippen LogP contribution >= 0.6 is 0 Å². The quantitative estimate of drug-likeness (QED) is 0.654. The molecule has 2 rings (SSSR count). The summed E-state index contributed by atoms with van der Waals surface area (Å²) in [5.74, 6) is 2.01. The lowest BCUT2D eigenvalue weighted by atomic mass is 10.1. The fourth-order valence-corrected chi connectivity index (χ4v) is 1.81. The first-order valence-corrected chi connectivity index (χ1v) is 5.03. The molecule has 3 nitrogen and oxygen atoms in total. The largest absolute Gasteiger partial charge is 0.372 e. The summed E-state index contributed by atoms with van der Waals surface area (Å²) in [5, 5.41) is 6.75. The van der Waals surface area contributed by atoms with Gasteiger partial charge in [0.1, 0.15) is 5.82 Å². The van der Waals surface area contributed by atoms with Crippen molar-refractivity contribution in [1.29, 1.82) is 0 Å². The van der Waals surface area contributed by atoms with Gasteiger partial charge in [0.2, 0.25) is 0 Å². The fourth-order valence-electron chi connectivity index (χ4n) is 1.81. The zero-order valence-electron chi connectivity index (χ0n) is 7.84. The Labute approximate surface area is 78.9 Å². The molecule has 0 saturated carbocycles. The molecule has 1 unspecified atom stereocenters. The predicted octanol–water partition coefficient (Wildman–Crippen LogP) is 1.43. The number of hydrogen-bond donors (Lipinski definition) is 3. The summed E-state index contributed by atoms with van der Waals surface area (Å²) in [4.78, 5) is 3.14. The highest BCUT2D eigenvalue weighted by Gasteiger charge is 2.13. The van der Waals surface area contributed by atoms with Crippen LogP contribution in [-0.4, -0.2) is 24.6 Å². The minimum Gasteiger partial charge on any atom is -0.372 e. The average Bonchev–Trinajstić information content (AvgIpc) is 2.75. The van der Waals surface area contributed by atoms with Gasteiger partial charge in [-0.1, -0.05) is 0 Å². The maximum Gasteiger partial charge on any atom is 0.103 e. The molecule has 1 saturated heterocycles. The van der Waals surface area contributed by atoms with E-state index in [1.165, 1.54) is 25.9 Å². The van der Waals surface area contributed by atoms with Gasteiger partial charge in [0.25, 0.3) is 0 Å². The lowest BCUT2D eigenvalue weighted by Crippen LogP contribution is -2.12. The van der Waals surface area contributed by atoms with Gasteiger partial charge in [0.05, 0.1) is 0 Å². The zero-order chi connectivity index (χ0) is 8.93. The van der Waals surface area contributed by atoms with Crippen molar-refractivity contribution in [2.45, 2.75) is 12.8 Å². The smallest absolute Gasteiger partial charge is 0.103 e. The molecule has 1 atom stereocenters. The number of H-pyrrole nitrogens is 1. The van der Waals surface area contributed by atoms with Crippen LogP contribution in [0.5, 0.6) is 0 Å². The molecule has 2 heterocycles. The van der Waals surface area contributed by atoms with E-state index in [1.807, 2.05) is 12.3 Å². The van der Waals surface area contributed by atoms with Crippen molar-refractivity contribution in [3.8, 4) is 0 Å². The van der Waals surface area contributed by atoms with Crippen molar-refractivity contribution in [2.75, 3.05) is 25.0 Å². The van der Waals surface area contributed by atoms with Crippen LogP contribution in [0.25, 0.3) is 0 Å². The van der Waals surface area contributed by atoms with E-state index in [4.69, 9.17) is 0 Å². The Kier molecular flexibility index (Phi) is 2.87. The van der Waals surface area contributed by atoms with Gasteiger partial charge in [-0.3, -0.25) is 0 Å². The highest BCUT2D eigenvalue weighted by molar-refractivity contribution is 5.33. The summed E-state index contributed by atoms with van der Waals surface area (Å²) in [5.41, 5.74) is 0. The van der Waals surface area contributed by atoms with Crippen LogP contribution in [0.3, 0.4) is 0 Å². The summed E-state index contributed by atoms with van der Waals surface area (Å²) >= 11 is 0. The number of aromatic amines is 1. The van der Waals surface area contributed by atoms with Crippen molar-refractivity contribution >= 4 is 5.82 Å². The van der Waals surface area contributed by atoms with Crippen molar-refractivity contribution < 1.29 is 0 Å². The molecule has 0 radical (unpaired) electrons. The van der Waals surface area contributed by atoms with Crippen molar-refractivity contribution in [1.82, 2.24) is 10.3 Å². The first-order valence-electron chi connectivity index (χ1n) is 5.03. The molecular weight excluding hydrogens is 162 g/mol. The van der Waals surface area contributed by atoms with Crippen LogP contribution in [0.15, 0.2) is 18.3 Å². The normalized spacial score (nSPS) is 22.0. The first kappa shape index (κ1) is 8.63. The van der Waals surface area contributed by atoms with Crippen LogP contribution in [0.1, 0.15) is 12.8 Å². The highest BCUT2D eigenvalue weighted by atomic mass is 15.0. The molecular formula is C10H17N3. The van der Waals surface area contributed by atoms with Crippen LogP contribution in [-0.2, 0) is 0 Å². The van der Waals surface area contributed by atoms with Crippen LogP contribution in [0.4, 0.5) is 5.82 Å². The third-order valence-corrected chi connectivity index (χ3v) is 2.63. The number of aromatic nitrogens is 1. The Hall–Kier alpha value is -0.960. The Morgan fingerprint density at radius 2 is 2.54 bits per heavy atom. The number of rotatable bonds is 4. The van der Waals surface area contributed by atoms with E-state index >= 15 is 0 Å². The molecule has 1 aromatic heterocycles. The molecule has 0 amide bonds. The summed E-state index contributed by atoms with van der Waals surface area (Å²) < 4.78 is 0. The molecule has 1 aliphatic heterocycles. The standard InChI is InChI=1S/C10H17N3/c1-2-10(12-5-1)13-7-4-9-3-6-11-8-9/h1-2,5,9,11-13H,3-4,6-8H2. The van der Waals surface area contributed by atoms with E-state index in [2.05, 4.69) is 21.7 Å². The monoisotopic (exact) mass is 179 g/mol. The van der Waals surface area contributed by atoms with Gasteiger partial charge >= 0.3 is 0 Å². The summed E-state index contributed by atoms with van der Waals surface area (Å²) in [6.45, 7) is 3.48. The summed E-state index contributed by atoms with van der Waals surface area (Å²) in [6, 6.07) is 4.08. The van der Waals surface area contributed by atoms with E-state index in [0.29, 0.717) is 0 Å². The second kappa shape index (κ2) is 4.33. The van der Waals surface area contributed by atoms with Crippen LogP contribution < -0.4 is 10.6 Å². The zero-order valence-corrected chi connectivity index (χ0v) is 7.84. The minimum atomic E-state index is 0.877. The maximum atomic E-state index is 3.38. The molecule has 0 spiro atoms.